The number of nitrogens with zero attached hydrogens (tertiary/aromatic N) is 2. The molecule has 1 aliphatic carbocycles. The van der Waals surface area contributed by atoms with Gasteiger partial charge in [-0.15, -0.1) is 0 Å². The van der Waals surface area contributed by atoms with Crippen LogP contribution in [0.2, 0.25) is 0 Å². The van der Waals surface area contributed by atoms with Crippen LogP contribution in [0.5, 0.6) is 0 Å². The van der Waals surface area contributed by atoms with E-state index in [-0.39, 0.29) is 24.9 Å². The fourth-order valence-corrected chi connectivity index (χ4v) is 5.60. The molecule has 0 bridgehead atoms. The minimum atomic E-state index is -1.21. The van der Waals surface area contributed by atoms with Crippen LogP contribution in [0, 0.1) is 0 Å². The highest BCUT2D eigenvalue weighted by Gasteiger charge is 2.31. The maximum atomic E-state index is 13.1. The summed E-state index contributed by atoms with van der Waals surface area (Å²) in [6, 6.07) is 21.4. The van der Waals surface area contributed by atoms with Crippen molar-refractivity contribution in [2.45, 2.75) is 44.8 Å². The van der Waals surface area contributed by atoms with Gasteiger partial charge in [0.1, 0.15) is 18.2 Å². The molecule has 1 atom stereocenters. The van der Waals surface area contributed by atoms with Gasteiger partial charge >= 0.3 is 18.2 Å². The van der Waals surface area contributed by atoms with E-state index in [1.807, 2.05) is 69.3 Å². The Labute approximate surface area is 256 Å². The number of carbonyl (C=O) groups is 4. The third-order valence-corrected chi connectivity index (χ3v) is 7.79. The van der Waals surface area contributed by atoms with Gasteiger partial charge in [0.05, 0.1) is 0 Å². The van der Waals surface area contributed by atoms with Crippen molar-refractivity contribution in [2.75, 3.05) is 32.8 Å². The molecule has 0 unspecified atom stereocenters. The third kappa shape index (κ3) is 7.02. The number of alkyl carbamates (subject to hydrolysis) is 1. The molecule has 1 saturated heterocycles. The molecule has 0 aromatic heterocycles. The predicted octanol–water partition coefficient (Wildman–Crippen LogP) is 4.91. The van der Waals surface area contributed by atoms with Crippen molar-refractivity contribution in [1.29, 1.82) is 0 Å². The molecular formula is C34H37N3O7. The topological polar surface area (TPSA) is 125 Å². The van der Waals surface area contributed by atoms with E-state index in [4.69, 9.17) is 9.47 Å². The number of fused-ring (bicyclic) bond motifs is 3. The number of amides is 3. The molecule has 3 aromatic rings. The van der Waals surface area contributed by atoms with E-state index >= 15 is 0 Å². The van der Waals surface area contributed by atoms with Crippen LogP contribution in [0.15, 0.2) is 72.8 Å². The van der Waals surface area contributed by atoms with Gasteiger partial charge in [0, 0.05) is 44.1 Å². The third-order valence-electron chi connectivity index (χ3n) is 7.79. The lowest BCUT2D eigenvalue weighted by molar-refractivity contribution is -0.139. The number of benzene rings is 3. The predicted molar refractivity (Wildman–Crippen MR) is 163 cm³/mol. The summed E-state index contributed by atoms with van der Waals surface area (Å²) in [4.78, 5) is 53.3. The lowest BCUT2D eigenvalue weighted by Gasteiger charge is -2.35. The second-order valence-electron chi connectivity index (χ2n) is 12.0. The minimum Gasteiger partial charge on any atom is -0.480 e. The Morgan fingerprint density at radius 2 is 1.39 bits per heavy atom. The van der Waals surface area contributed by atoms with Crippen LogP contribution in [-0.4, -0.2) is 83.4 Å². The molecule has 230 valence electrons. The Kier molecular flexibility index (Phi) is 8.89. The van der Waals surface area contributed by atoms with Crippen molar-refractivity contribution in [3.63, 3.8) is 0 Å². The first-order valence-corrected chi connectivity index (χ1v) is 14.7. The molecule has 1 fully saturated rings. The first-order valence-electron chi connectivity index (χ1n) is 14.7. The van der Waals surface area contributed by atoms with E-state index in [0.29, 0.717) is 37.3 Å². The Hall–Kier alpha value is -4.86. The molecule has 1 aliphatic heterocycles. The summed E-state index contributed by atoms with van der Waals surface area (Å²) >= 11 is 0. The molecule has 10 heteroatoms. The van der Waals surface area contributed by atoms with Gasteiger partial charge in [0.2, 0.25) is 0 Å². The summed E-state index contributed by atoms with van der Waals surface area (Å²) in [6.45, 7) is 7.02. The Bertz CT molecular complexity index is 1490. The van der Waals surface area contributed by atoms with Crippen molar-refractivity contribution in [3.05, 3.63) is 95.1 Å². The number of piperazine rings is 1. The summed E-state index contributed by atoms with van der Waals surface area (Å²) in [6.07, 6.45) is -1.19. The van der Waals surface area contributed by atoms with Gasteiger partial charge in [0.25, 0.3) is 5.91 Å². The van der Waals surface area contributed by atoms with Gasteiger partial charge < -0.3 is 29.7 Å². The highest BCUT2D eigenvalue weighted by atomic mass is 16.6. The lowest BCUT2D eigenvalue weighted by atomic mass is 9.98. The normalized spacial score (nSPS) is 15.2. The van der Waals surface area contributed by atoms with E-state index in [1.54, 1.807) is 34.1 Å². The molecule has 1 heterocycles. The van der Waals surface area contributed by atoms with Gasteiger partial charge in [-0.25, -0.2) is 14.4 Å². The number of carbonyl (C=O) groups excluding carboxylic acids is 3. The molecule has 3 aromatic carbocycles. The Morgan fingerprint density at radius 1 is 0.841 bits per heavy atom. The molecular weight excluding hydrogens is 562 g/mol. The van der Waals surface area contributed by atoms with Crippen LogP contribution in [-0.2, 0) is 20.7 Å². The van der Waals surface area contributed by atoms with Crippen molar-refractivity contribution < 1.29 is 33.8 Å². The molecule has 0 spiro atoms. The number of carboxylic acid groups (broad SMARTS) is 1. The van der Waals surface area contributed by atoms with Crippen LogP contribution in [0.25, 0.3) is 11.1 Å². The lowest BCUT2D eigenvalue weighted by Crippen LogP contribution is -2.51. The smallest absolute Gasteiger partial charge is 0.410 e. The number of hydrogen-bond donors (Lipinski definition) is 2. The zero-order chi connectivity index (χ0) is 31.4. The molecule has 2 aliphatic rings. The maximum Gasteiger partial charge on any atom is 0.410 e. The minimum absolute atomic E-state index is 0.0164. The molecule has 10 nitrogen and oxygen atoms in total. The Balaban J connectivity index is 1.13. The zero-order valence-corrected chi connectivity index (χ0v) is 25.1. The molecule has 2 N–H and O–H groups in total. The summed E-state index contributed by atoms with van der Waals surface area (Å²) in [5.41, 5.74) is 4.84. The fraction of sp³-hybridized carbons (Fsp3) is 0.353. The number of hydrogen-bond acceptors (Lipinski definition) is 6. The van der Waals surface area contributed by atoms with E-state index in [2.05, 4.69) is 5.32 Å². The molecule has 3 amide bonds. The van der Waals surface area contributed by atoms with Crippen molar-refractivity contribution in [3.8, 4) is 11.1 Å². The van der Waals surface area contributed by atoms with E-state index in [1.165, 1.54) is 0 Å². The first kappa shape index (κ1) is 30.6. The maximum absolute atomic E-state index is 13.1. The second kappa shape index (κ2) is 12.8. The quantitative estimate of drug-likeness (QED) is 0.395. The number of carboxylic acids is 1. The van der Waals surface area contributed by atoms with Crippen molar-refractivity contribution >= 4 is 24.1 Å². The van der Waals surface area contributed by atoms with Crippen LogP contribution >= 0.6 is 0 Å². The molecule has 0 radical (unpaired) electrons. The average molecular weight is 600 g/mol. The monoisotopic (exact) mass is 599 g/mol. The van der Waals surface area contributed by atoms with Crippen molar-refractivity contribution in [1.82, 2.24) is 15.1 Å². The Morgan fingerprint density at radius 3 is 1.93 bits per heavy atom. The van der Waals surface area contributed by atoms with Gasteiger partial charge in [-0.2, -0.15) is 0 Å². The van der Waals surface area contributed by atoms with Gasteiger partial charge in [-0.05, 0) is 60.7 Å². The number of ether oxygens (including phenoxy) is 2. The average Bonchev–Trinajstić information content (AvgIpc) is 3.32. The zero-order valence-electron chi connectivity index (χ0n) is 25.1. The van der Waals surface area contributed by atoms with Crippen molar-refractivity contribution in [2.24, 2.45) is 0 Å². The summed E-state index contributed by atoms with van der Waals surface area (Å²) in [5, 5.41) is 12.3. The summed E-state index contributed by atoms with van der Waals surface area (Å²) in [7, 11) is 0. The van der Waals surface area contributed by atoms with Crippen LogP contribution in [0.1, 0.15) is 53.7 Å². The van der Waals surface area contributed by atoms with Crippen LogP contribution in [0.4, 0.5) is 9.59 Å². The first-order chi connectivity index (χ1) is 21.0. The largest absolute Gasteiger partial charge is 0.480 e. The molecule has 5 rings (SSSR count). The van der Waals surface area contributed by atoms with E-state index in [0.717, 1.165) is 22.3 Å². The second-order valence-corrected chi connectivity index (χ2v) is 12.0. The highest BCUT2D eigenvalue weighted by Crippen LogP contribution is 2.44. The van der Waals surface area contributed by atoms with Crippen LogP contribution in [0.3, 0.4) is 0 Å². The SMILES string of the molecule is CC(C)(C)OC(=O)N1CCN(C(=O)c2ccc(C[C@H](NC(=O)OCC3c4ccccc4-c4ccccc43)C(=O)O)cc2)CC1. The van der Waals surface area contributed by atoms with Crippen LogP contribution < -0.4 is 5.32 Å². The molecule has 0 saturated carbocycles. The molecule has 44 heavy (non-hydrogen) atoms. The number of aliphatic carboxylic acids is 1. The van der Waals surface area contributed by atoms with Gasteiger partial charge in [-0.1, -0.05) is 60.7 Å². The fourth-order valence-electron chi connectivity index (χ4n) is 5.60. The van der Waals surface area contributed by atoms with E-state index < -0.39 is 29.8 Å². The summed E-state index contributed by atoms with van der Waals surface area (Å²) < 4.78 is 10.9. The van der Waals surface area contributed by atoms with Gasteiger partial charge in [-0.3, -0.25) is 4.79 Å². The standard InChI is InChI=1S/C34H37N3O7/c1-34(2,3)44-33(42)37-18-16-36(17-19-37)30(38)23-14-12-22(13-15-23)20-29(31(39)40)35-32(41)43-21-28-26-10-6-4-8-24(26)25-9-5-7-11-27(25)28/h4-15,28-29H,16-21H2,1-3H3,(H,35,41)(H,39,40)/t29-/m0/s1. The van der Waals surface area contributed by atoms with E-state index in [9.17, 15) is 24.3 Å². The number of rotatable bonds is 7. The summed E-state index contributed by atoms with van der Waals surface area (Å²) in [5.74, 6) is -1.50. The highest BCUT2D eigenvalue weighted by molar-refractivity contribution is 5.94. The number of nitrogens with one attached hydrogen (secondary N) is 1. The van der Waals surface area contributed by atoms with Gasteiger partial charge in [0.15, 0.2) is 0 Å².